The summed E-state index contributed by atoms with van der Waals surface area (Å²) < 4.78 is 5.74. The van der Waals surface area contributed by atoms with E-state index in [4.69, 9.17) is 4.74 Å². The fraction of sp³-hybridized carbons (Fsp3) is 0.0714. The third-order valence-electron chi connectivity index (χ3n) is 2.65. The largest absolute Gasteiger partial charge is 0.489 e. The van der Waals surface area contributed by atoms with E-state index < -0.39 is 0 Å². The molecule has 19 heavy (non-hydrogen) atoms. The third kappa shape index (κ3) is 2.77. The molecule has 0 aliphatic heterocycles. The Morgan fingerprint density at radius 1 is 1.00 bits per heavy atom. The van der Waals surface area contributed by atoms with Crippen molar-refractivity contribution in [2.75, 3.05) is 0 Å². The Morgan fingerprint density at radius 2 is 1.89 bits per heavy atom. The van der Waals surface area contributed by atoms with Crippen LogP contribution in [0.4, 0.5) is 0 Å². The van der Waals surface area contributed by atoms with Gasteiger partial charge in [0.15, 0.2) is 6.33 Å². The molecule has 0 unspecified atom stereocenters. The normalized spacial score (nSPS) is 10.3. The Morgan fingerprint density at radius 3 is 2.68 bits per heavy atom. The van der Waals surface area contributed by atoms with Crippen LogP contribution in [0.15, 0.2) is 60.9 Å². The first-order chi connectivity index (χ1) is 9.42. The second kappa shape index (κ2) is 5.30. The molecule has 0 radical (unpaired) electrons. The highest BCUT2D eigenvalue weighted by atomic mass is 16.5. The van der Waals surface area contributed by atoms with Gasteiger partial charge in [-0.25, -0.2) is 0 Å². The summed E-state index contributed by atoms with van der Waals surface area (Å²) in [5.74, 6) is 0.777. The van der Waals surface area contributed by atoms with Crippen molar-refractivity contribution in [3.05, 3.63) is 66.5 Å². The molecule has 1 aromatic heterocycles. The topological polar surface area (TPSA) is 52.8 Å². The van der Waals surface area contributed by atoms with Gasteiger partial charge < -0.3 is 4.74 Å². The van der Waals surface area contributed by atoms with E-state index in [1.807, 2.05) is 54.6 Å². The van der Waals surface area contributed by atoms with Crippen molar-refractivity contribution in [2.24, 2.45) is 0 Å². The first kappa shape index (κ1) is 11.4. The van der Waals surface area contributed by atoms with Crippen LogP contribution in [0.3, 0.4) is 0 Å². The first-order valence-corrected chi connectivity index (χ1v) is 5.92. The quantitative estimate of drug-likeness (QED) is 0.714. The van der Waals surface area contributed by atoms with Crippen molar-refractivity contribution in [1.29, 1.82) is 0 Å². The van der Waals surface area contributed by atoms with Gasteiger partial charge in [0, 0.05) is 6.07 Å². The Labute approximate surface area is 110 Å². The minimum Gasteiger partial charge on any atom is -0.489 e. The minimum atomic E-state index is 0.537. The predicted octanol–water partition coefficient (Wildman–Crippen LogP) is 2.24. The molecule has 1 heterocycles. The molecule has 0 saturated heterocycles. The summed E-state index contributed by atoms with van der Waals surface area (Å²) in [7, 11) is 0. The molecule has 0 atom stereocenters. The van der Waals surface area contributed by atoms with E-state index in [2.05, 4.69) is 15.4 Å². The number of ether oxygens (including phenoxy) is 1. The van der Waals surface area contributed by atoms with Gasteiger partial charge in [-0.2, -0.15) is 0 Å². The van der Waals surface area contributed by atoms with Crippen LogP contribution in [0.1, 0.15) is 5.56 Å². The maximum Gasteiger partial charge on any atom is 0.162 e. The molecule has 0 saturated carbocycles. The molecule has 3 rings (SSSR count). The predicted molar refractivity (Wildman–Crippen MR) is 69.9 cm³/mol. The van der Waals surface area contributed by atoms with E-state index in [1.54, 1.807) is 0 Å². The second-order valence-electron chi connectivity index (χ2n) is 4.00. The Bertz CT molecular complexity index is 638. The van der Waals surface area contributed by atoms with Gasteiger partial charge in [-0.1, -0.05) is 36.4 Å². The van der Waals surface area contributed by atoms with Gasteiger partial charge >= 0.3 is 0 Å². The molecular formula is C14H12N4O. The van der Waals surface area contributed by atoms with E-state index >= 15 is 0 Å². The fourth-order valence-electron chi connectivity index (χ4n) is 1.72. The lowest BCUT2D eigenvalue weighted by atomic mass is 10.2. The van der Waals surface area contributed by atoms with Crippen molar-refractivity contribution < 1.29 is 4.74 Å². The van der Waals surface area contributed by atoms with E-state index in [-0.39, 0.29) is 0 Å². The SMILES string of the molecule is c1ccc(COc2cccc(-n3ncnn3)c2)cc1. The summed E-state index contributed by atoms with van der Waals surface area (Å²) in [4.78, 5) is 1.45. The standard InChI is InChI=1S/C14H12N4O/c1-2-5-12(6-3-1)10-19-14-8-4-7-13(9-14)18-16-11-15-17-18/h1-9,11H,10H2. The van der Waals surface area contributed by atoms with Crippen LogP contribution in [-0.4, -0.2) is 20.2 Å². The lowest BCUT2D eigenvalue weighted by Gasteiger charge is -2.07. The zero-order chi connectivity index (χ0) is 12.9. The maximum absolute atomic E-state index is 5.74. The molecule has 0 fully saturated rings. The van der Waals surface area contributed by atoms with E-state index in [0.717, 1.165) is 17.0 Å². The lowest BCUT2D eigenvalue weighted by Crippen LogP contribution is -2.00. The van der Waals surface area contributed by atoms with Gasteiger partial charge in [0.1, 0.15) is 12.4 Å². The van der Waals surface area contributed by atoms with Crippen LogP contribution < -0.4 is 4.74 Å². The molecule has 0 amide bonds. The van der Waals surface area contributed by atoms with Crippen molar-refractivity contribution in [3.63, 3.8) is 0 Å². The van der Waals surface area contributed by atoms with Crippen molar-refractivity contribution in [2.45, 2.75) is 6.61 Å². The van der Waals surface area contributed by atoms with Crippen molar-refractivity contribution >= 4 is 0 Å². The van der Waals surface area contributed by atoms with Crippen molar-refractivity contribution in [3.8, 4) is 11.4 Å². The Balaban J connectivity index is 1.74. The molecule has 0 bridgehead atoms. The van der Waals surface area contributed by atoms with Crippen LogP contribution in [0.25, 0.3) is 5.69 Å². The van der Waals surface area contributed by atoms with Gasteiger partial charge in [-0.3, -0.25) is 0 Å². The monoisotopic (exact) mass is 252 g/mol. The van der Waals surface area contributed by atoms with Gasteiger partial charge in [-0.15, -0.1) is 15.0 Å². The highest BCUT2D eigenvalue weighted by molar-refractivity contribution is 5.37. The average molecular weight is 252 g/mol. The number of rotatable bonds is 4. The number of aromatic nitrogens is 4. The molecule has 94 valence electrons. The van der Waals surface area contributed by atoms with Crippen LogP contribution in [-0.2, 0) is 6.61 Å². The maximum atomic E-state index is 5.74. The highest BCUT2D eigenvalue weighted by Gasteiger charge is 2.01. The number of hydrogen-bond acceptors (Lipinski definition) is 4. The Hall–Kier alpha value is -2.69. The van der Waals surface area contributed by atoms with Crippen LogP contribution in [0, 0.1) is 0 Å². The van der Waals surface area contributed by atoms with Crippen molar-refractivity contribution in [1.82, 2.24) is 20.2 Å². The van der Waals surface area contributed by atoms with Gasteiger partial charge in [0.05, 0.1) is 5.69 Å². The molecule has 0 aliphatic rings. The molecule has 0 aliphatic carbocycles. The van der Waals surface area contributed by atoms with Crippen LogP contribution in [0.5, 0.6) is 5.75 Å². The molecule has 2 aromatic carbocycles. The summed E-state index contributed by atoms with van der Waals surface area (Å²) in [6.45, 7) is 0.537. The number of nitrogens with zero attached hydrogens (tertiary/aromatic N) is 4. The summed E-state index contributed by atoms with van der Waals surface area (Å²) in [5, 5.41) is 11.5. The van der Waals surface area contributed by atoms with Gasteiger partial charge in [0.25, 0.3) is 0 Å². The minimum absolute atomic E-state index is 0.537. The highest BCUT2D eigenvalue weighted by Crippen LogP contribution is 2.16. The lowest BCUT2D eigenvalue weighted by molar-refractivity contribution is 0.306. The smallest absolute Gasteiger partial charge is 0.162 e. The molecular weight excluding hydrogens is 240 g/mol. The third-order valence-corrected chi connectivity index (χ3v) is 2.65. The molecule has 5 heteroatoms. The first-order valence-electron chi connectivity index (χ1n) is 5.92. The Kier molecular flexibility index (Phi) is 3.18. The van der Waals surface area contributed by atoms with Gasteiger partial charge in [0.2, 0.25) is 0 Å². The zero-order valence-electron chi connectivity index (χ0n) is 10.2. The molecule has 0 spiro atoms. The summed E-state index contributed by atoms with van der Waals surface area (Å²) in [6, 6.07) is 17.6. The summed E-state index contributed by atoms with van der Waals surface area (Å²) in [6.07, 6.45) is 1.40. The van der Waals surface area contributed by atoms with Gasteiger partial charge in [-0.05, 0) is 22.9 Å². The number of hydrogen-bond donors (Lipinski definition) is 0. The summed E-state index contributed by atoms with van der Waals surface area (Å²) in [5.41, 5.74) is 1.95. The molecule has 3 aromatic rings. The average Bonchev–Trinajstić information content (AvgIpc) is 3.01. The number of benzene rings is 2. The van der Waals surface area contributed by atoms with Crippen LogP contribution >= 0.6 is 0 Å². The second-order valence-corrected chi connectivity index (χ2v) is 4.00. The van der Waals surface area contributed by atoms with E-state index in [9.17, 15) is 0 Å². The number of tetrazole rings is 1. The van der Waals surface area contributed by atoms with Crippen LogP contribution in [0.2, 0.25) is 0 Å². The fourth-order valence-corrected chi connectivity index (χ4v) is 1.72. The summed E-state index contributed by atoms with van der Waals surface area (Å²) >= 11 is 0. The zero-order valence-corrected chi connectivity index (χ0v) is 10.2. The van der Waals surface area contributed by atoms with E-state index in [1.165, 1.54) is 11.1 Å². The van der Waals surface area contributed by atoms with E-state index in [0.29, 0.717) is 6.61 Å². The molecule has 0 N–H and O–H groups in total. The molecule has 5 nitrogen and oxygen atoms in total.